The minimum atomic E-state index is -4.41. The Morgan fingerprint density at radius 2 is 1.08 bits per heavy atom. The van der Waals surface area contributed by atoms with Crippen LogP contribution in [0.5, 0.6) is 0 Å². The van der Waals surface area contributed by atoms with Gasteiger partial charge in [-0.05, 0) is 64.2 Å². The molecule has 3 N–H and O–H groups in total. The van der Waals surface area contributed by atoms with Crippen LogP contribution in [0, 0.1) is 0 Å². The predicted molar refractivity (Wildman–Crippen MR) is 215 cm³/mol. The number of phosphoric acid groups is 1. The van der Waals surface area contributed by atoms with Crippen molar-refractivity contribution in [1.29, 1.82) is 0 Å². The highest BCUT2D eigenvalue weighted by Crippen LogP contribution is 2.42. The number of aliphatic hydroxyl groups is 1. The monoisotopic (exact) mass is 756 g/mol. The zero-order valence-corrected chi connectivity index (χ0v) is 34.1. The number of hydrogen-bond donors (Lipinski definition) is 3. The summed E-state index contributed by atoms with van der Waals surface area (Å²) >= 11 is 0. The van der Waals surface area contributed by atoms with Crippen LogP contribution in [0.1, 0.15) is 187 Å². The summed E-state index contributed by atoms with van der Waals surface area (Å²) in [6, 6.07) is 0. The molecule has 0 aliphatic heterocycles. The van der Waals surface area contributed by atoms with Gasteiger partial charge in [-0.1, -0.05) is 147 Å². The summed E-state index contributed by atoms with van der Waals surface area (Å²) in [7, 11) is -4.41. The van der Waals surface area contributed by atoms with Crippen molar-refractivity contribution in [2.45, 2.75) is 193 Å². The van der Waals surface area contributed by atoms with Gasteiger partial charge < -0.3 is 20.1 Å². The summed E-state index contributed by atoms with van der Waals surface area (Å²) in [6.07, 6.45) is 42.2. The molecule has 0 saturated carbocycles. The number of amides is 1. The van der Waals surface area contributed by atoms with Crippen molar-refractivity contribution in [3.63, 3.8) is 0 Å². The number of ether oxygens (including phenoxy) is 1. The van der Waals surface area contributed by atoms with Gasteiger partial charge in [-0.15, -0.1) is 0 Å². The standard InChI is InChI=1S/C42H78NO8P/c1-3-5-7-9-11-13-15-16-17-18-19-20-21-22-23-24-25-27-29-31-33-35-42(46)49-38-40(44)39-51-52(47,48)50-37-36-43-41(45)34-32-30-28-26-14-12-10-8-6-4-2/h8,10-11,13,16-17,40,44H,3-7,9,12,14-15,18-39H2,1-2H3,(H,43,45)(H,47,48)/b10-8-,13-11-,17-16-. The summed E-state index contributed by atoms with van der Waals surface area (Å²) in [4.78, 5) is 33.8. The molecule has 0 saturated heterocycles. The number of esters is 1. The number of carbonyl (C=O) groups excluding carboxylic acids is 2. The van der Waals surface area contributed by atoms with Crippen LogP contribution < -0.4 is 5.32 Å². The summed E-state index contributed by atoms with van der Waals surface area (Å²) in [5, 5.41) is 12.7. The number of unbranched alkanes of at least 4 members (excludes halogenated alkanes) is 20. The highest BCUT2D eigenvalue weighted by Gasteiger charge is 2.23. The van der Waals surface area contributed by atoms with Crippen molar-refractivity contribution in [2.24, 2.45) is 0 Å². The minimum absolute atomic E-state index is 0.0769. The molecule has 52 heavy (non-hydrogen) atoms. The van der Waals surface area contributed by atoms with E-state index in [1.54, 1.807) is 0 Å². The molecule has 10 heteroatoms. The Kier molecular flexibility index (Phi) is 37.6. The lowest BCUT2D eigenvalue weighted by molar-refractivity contribution is -0.147. The van der Waals surface area contributed by atoms with E-state index in [1.165, 1.54) is 96.3 Å². The third-order valence-corrected chi connectivity index (χ3v) is 9.76. The van der Waals surface area contributed by atoms with E-state index in [2.05, 4.69) is 55.6 Å². The van der Waals surface area contributed by atoms with Gasteiger partial charge in [0.1, 0.15) is 12.7 Å². The zero-order valence-electron chi connectivity index (χ0n) is 33.3. The Labute approximate surface area is 318 Å². The second kappa shape index (κ2) is 38.9. The number of phosphoric ester groups is 1. The van der Waals surface area contributed by atoms with Crippen LogP contribution in [0.4, 0.5) is 0 Å². The van der Waals surface area contributed by atoms with Crippen molar-refractivity contribution < 1.29 is 37.9 Å². The lowest BCUT2D eigenvalue weighted by atomic mass is 10.0. The Bertz CT molecular complexity index is 954. The van der Waals surface area contributed by atoms with Gasteiger partial charge in [-0.2, -0.15) is 0 Å². The minimum Gasteiger partial charge on any atom is -0.463 e. The second-order valence-electron chi connectivity index (χ2n) is 14.0. The topological polar surface area (TPSA) is 131 Å². The van der Waals surface area contributed by atoms with Gasteiger partial charge in [0.05, 0.1) is 13.2 Å². The van der Waals surface area contributed by atoms with Crippen LogP contribution in [-0.2, 0) is 27.9 Å². The molecule has 0 rings (SSSR count). The summed E-state index contributed by atoms with van der Waals surface area (Å²) in [6.45, 7) is 3.45. The fourth-order valence-electron chi connectivity index (χ4n) is 5.59. The van der Waals surface area contributed by atoms with Gasteiger partial charge >= 0.3 is 13.8 Å². The van der Waals surface area contributed by atoms with Crippen LogP contribution in [0.2, 0.25) is 0 Å². The fourth-order valence-corrected chi connectivity index (χ4v) is 6.35. The average molecular weight is 756 g/mol. The third-order valence-electron chi connectivity index (χ3n) is 8.77. The molecule has 2 unspecified atom stereocenters. The first-order valence-corrected chi connectivity index (χ1v) is 22.5. The number of hydrogen-bond acceptors (Lipinski definition) is 7. The molecule has 0 heterocycles. The second-order valence-corrected chi connectivity index (χ2v) is 15.4. The Morgan fingerprint density at radius 1 is 0.596 bits per heavy atom. The van der Waals surface area contributed by atoms with E-state index in [9.17, 15) is 24.2 Å². The van der Waals surface area contributed by atoms with Gasteiger partial charge in [-0.3, -0.25) is 18.6 Å². The van der Waals surface area contributed by atoms with Gasteiger partial charge in [-0.25, -0.2) is 4.57 Å². The third kappa shape index (κ3) is 39.4. The zero-order chi connectivity index (χ0) is 38.2. The molecule has 0 aromatic rings. The van der Waals surface area contributed by atoms with E-state index in [4.69, 9.17) is 13.8 Å². The van der Waals surface area contributed by atoms with E-state index in [0.29, 0.717) is 6.42 Å². The first-order chi connectivity index (χ1) is 25.3. The molecule has 0 fully saturated rings. The molecular weight excluding hydrogens is 677 g/mol. The van der Waals surface area contributed by atoms with Crippen molar-refractivity contribution in [3.05, 3.63) is 36.5 Å². The Morgan fingerprint density at radius 3 is 1.63 bits per heavy atom. The average Bonchev–Trinajstić information content (AvgIpc) is 3.13. The molecule has 0 bridgehead atoms. The molecule has 0 aromatic heterocycles. The number of rotatable bonds is 39. The van der Waals surface area contributed by atoms with Crippen molar-refractivity contribution in [1.82, 2.24) is 5.32 Å². The molecular formula is C42H78NO8P. The smallest absolute Gasteiger partial charge is 0.463 e. The van der Waals surface area contributed by atoms with Crippen LogP contribution in [0.15, 0.2) is 36.5 Å². The highest BCUT2D eigenvalue weighted by molar-refractivity contribution is 7.47. The predicted octanol–water partition coefficient (Wildman–Crippen LogP) is 11.4. The van der Waals surface area contributed by atoms with Gasteiger partial charge in [0, 0.05) is 19.4 Å². The number of nitrogens with one attached hydrogen (secondary N) is 1. The number of carbonyl (C=O) groups is 2. The lowest BCUT2D eigenvalue weighted by Gasteiger charge is -2.15. The normalized spacial score (nSPS) is 13.7. The summed E-state index contributed by atoms with van der Waals surface area (Å²) in [5.41, 5.74) is 0. The van der Waals surface area contributed by atoms with E-state index >= 15 is 0 Å². The highest BCUT2D eigenvalue weighted by atomic mass is 31.2. The molecule has 0 aliphatic carbocycles. The molecule has 0 spiro atoms. The van der Waals surface area contributed by atoms with E-state index in [1.807, 2.05) is 0 Å². The number of allylic oxidation sites excluding steroid dienone is 6. The van der Waals surface area contributed by atoms with Crippen LogP contribution in [0.3, 0.4) is 0 Å². The lowest BCUT2D eigenvalue weighted by Crippen LogP contribution is -2.27. The Balaban J connectivity index is 3.58. The van der Waals surface area contributed by atoms with Gasteiger partial charge in [0.2, 0.25) is 5.91 Å². The van der Waals surface area contributed by atoms with E-state index in [-0.39, 0.29) is 32.1 Å². The summed E-state index contributed by atoms with van der Waals surface area (Å²) < 4.78 is 26.8. The number of aliphatic hydroxyl groups excluding tert-OH is 1. The molecule has 2 atom stereocenters. The van der Waals surface area contributed by atoms with Gasteiger partial charge in [0.15, 0.2) is 0 Å². The van der Waals surface area contributed by atoms with Crippen molar-refractivity contribution in [3.8, 4) is 0 Å². The maximum absolute atomic E-state index is 12.1. The SMILES string of the molecule is CCC/C=C\CCCCCCCC(=O)NCCOP(=O)(O)OCC(O)COC(=O)CCCCCCCCCCCCC/C=C\C/C=C\CCCCC. The van der Waals surface area contributed by atoms with Crippen molar-refractivity contribution in [2.75, 3.05) is 26.4 Å². The molecule has 304 valence electrons. The first-order valence-electron chi connectivity index (χ1n) is 21.0. The molecule has 1 amide bonds. The largest absolute Gasteiger partial charge is 0.472 e. The summed E-state index contributed by atoms with van der Waals surface area (Å²) in [5.74, 6) is -0.529. The quantitative estimate of drug-likeness (QED) is 0.0244. The Hall–Kier alpha value is -1.77. The van der Waals surface area contributed by atoms with E-state index < -0.39 is 26.5 Å². The van der Waals surface area contributed by atoms with Crippen LogP contribution in [0.25, 0.3) is 0 Å². The van der Waals surface area contributed by atoms with Crippen LogP contribution in [-0.4, -0.2) is 54.3 Å². The molecule has 0 aliphatic rings. The van der Waals surface area contributed by atoms with E-state index in [0.717, 1.165) is 64.2 Å². The van der Waals surface area contributed by atoms with Crippen LogP contribution >= 0.6 is 7.82 Å². The molecule has 9 nitrogen and oxygen atoms in total. The maximum atomic E-state index is 12.1. The molecule has 0 radical (unpaired) electrons. The molecule has 0 aromatic carbocycles. The van der Waals surface area contributed by atoms with Gasteiger partial charge in [0.25, 0.3) is 0 Å². The fraction of sp³-hybridized carbons (Fsp3) is 0.810. The maximum Gasteiger partial charge on any atom is 0.472 e. The van der Waals surface area contributed by atoms with Crippen molar-refractivity contribution >= 4 is 19.7 Å². The first kappa shape index (κ1) is 50.2.